The largest absolute Gasteiger partial charge is 0.545 e. The summed E-state index contributed by atoms with van der Waals surface area (Å²) < 4.78 is 22.7. The van der Waals surface area contributed by atoms with Crippen molar-refractivity contribution in [1.82, 2.24) is 0 Å². The van der Waals surface area contributed by atoms with Crippen molar-refractivity contribution in [2.45, 2.75) is 354 Å². The number of likely N-dealkylation sites (N-methyl/N-ethyl adjacent to an activating group) is 1. The van der Waals surface area contributed by atoms with E-state index in [4.69, 9.17) is 18.9 Å². The lowest BCUT2D eigenvalue weighted by Crippen LogP contribution is -2.44. The van der Waals surface area contributed by atoms with Gasteiger partial charge in [-0.2, -0.15) is 0 Å². The van der Waals surface area contributed by atoms with Crippen molar-refractivity contribution in [1.29, 1.82) is 0 Å². The Morgan fingerprint density at radius 3 is 1.01 bits per heavy atom. The Bertz CT molecular complexity index is 1330. The van der Waals surface area contributed by atoms with Crippen LogP contribution in [-0.2, 0) is 33.3 Å². The van der Waals surface area contributed by atoms with Gasteiger partial charge in [0, 0.05) is 12.8 Å². The topological polar surface area (TPSA) is 111 Å². The van der Waals surface area contributed by atoms with Crippen LogP contribution >= 0.6 is 0 Å². The molecule has 0 spiro atoms. The summed E-state index contributed by atoms with van der Waals surface area (Å²) >= 11 is 0. The van der Waals surface area contributed by atoms with E-state index in [1.807, 2.05) is 21.1 Å². The molecule has 0 rings (SSSR count). The molecule has 0 radical (unpaired) electrons. The summed E-state index contributed by atoms with van der Waals surface area (Å²) in [5.41, 5.74) is 0. The summed E-state index contributed by atoms with van der Waals surface area (Å²) in [5.74, 6) is -2.25. The number of nitrogens with zero attached hydrogens (tertiary/aromatic N) is 1. The number of ether oxygens (including phenoxy) is 4. The first-order chi connectivity index (χ1) is 38.1. The number of quaternary nitrogens is 1. The number of rotatable bonds is 64. The van der Waals surface area contributed by atoms with E-state index in [2.05, 4.69) is 38.2 Å². The zero-order valence-corrected chi connectivity index (χ0v) is 52.6. The molecule has 78 heavy (non-hydrogen) atoms. The highest BCUT2D eigenvalue weighted by molar-refractivity contribution is 5.70. The lowest BCUT2D eigenvalue weighted by molar-refractivity contribution is -0.870. The Morgan fingerprint density at radius 2 is 0.692 bits per heavy atom. The Morgan fingerprint density at radius 1 is 0.385 bits per heavy atom. The van der Waals surface area contributed by atoms with E-state index in [0.717, 1.165) is 44.9 Å². The fraction of sp³-hybridized carbons (Fsp3) is 0.899. The number of carbonyl (C=O) groups excluding carboxylic acids is 3. The second kappa shape index (κ2) is 60.9. The highest BCUT2D eigenvalue weighted by atomic mass is 16.7. The number of aliphatic carboxylic acids is 1. The third-order valence-electron chi connectivity index (χ3n) is 15.5. The van der Waals surface area contributed by atoms with E-state index in [1.54, 1.807) is 0 Å². The summed E-state index contributed by atoms with van der Waals surface area (Å²) in [7, 11) is 5.94. The predicted molar refractivity (Wildman–Crippen MR) is 330 cm³/mol. The Balaban J connectivity index is 3.91. The third kappa shape index (κ3) is 61.4. The monoisotopic (exact) mass is 1100 g/mol. The van der Waals surface area contributed by atoms with Crippen LogP contribution in [0.3, 0.4) is 0 Å². The normalized spacial score (nSPS) is 12.8. The van der Waals surface area contributed by atoms with Crippen molar-refractivity contribution in [2.24, 2.45) is 0 Å². The molecule has 0 aromatic carbocycles. The summed E-state index contributed by atoms with van der Waals surface area (Å²) in [6.07, 6.45) is 71.4. The SMILES string of the molecule is CCCCCCC/C=C\C/C=C\CCCCCCCCCCCCCCCCCCCCCCCCCCCCCC(=O)OC(COC(=O)CCCCCCCCCCCCCCCC)COC(OCC[N+](C)(C)C)C(=O)[O-]. The molecule has 0 saturated heterocycles. The number of carboxylic acids is 1. The molecule has 9 heteroatoms. The highest BCUT2D eigenvalue weighted by Gasteiger charge is 2.22. The average Bonchev–Trinajstić information content (AvgIpc) is 3.41. The molecule has 0 aromatic rings. The molecule has 9 nitrogen and oxygen atoms in total. The first kappa shape index (κ1) is 75.8. The number of esters is 2. The maximum atomic E-state index is 12.9. The molecule has 0 aromatic heterocycles. The van der Waals surface area contributed by atoms with E-state index in [-0.39, 0.29) is 32.2 Å². The van der Waals surface area contributed by atoms with Crippen LogP contribution in [0.2, 0.25) is 0 Å². The number of allylic oxidation sites excluding steroid dienone is 4. The molecule has 0 fully saturated rings. The molecule has 460 valence electrons. The molecule has 2 unspecified atom stereocenters. The van der Waals surface area contributed by atoms with Crippen molar-refractivity contribution in [2.75, 3.05) is 47.5 Å². The Kier molecular flexibility index (Phi) is 59.1. The van der Waals surface area contributed by atoms with Gasteiger partial charge in [-0.15, -0.1) is 0 Å². The third-order valence-corrected chi connectivity index (χ3v) is 15.5. The van der Waals surface area contributed by atoms with Crippen LogP contribution in [0.25, 0.3) is 0 Å². The Hall–Kier alpha value is -2.23. The number of hydrogen-bond acceptors (Lipinski definition) is 8. The molecular formula is C69H131NO8. The van der Waals surface area contributed by atoms with Gasteiger partial charge >= 0.3 is 11.9 Å². The van der Waals surface area contributed by atoms with Gasteiger partial charge in [0.15, 0.2) is 12.4 Å². The van der Waals surface area contributed by atoms with Crippen LogP contribution in [0.15, 0.2) is 24.3 Å². The first-order valence-corrected chi connectivity index (χ1v) is 34.0. The fourth-order valence-electron chi connectivity index (χ4n) is 10.2. The van der Waals surface area contributed by atoms with Crippen molar-refractivity contribution >= 4 is 17.9 Å². The molecule has 0 N–H and O–H groups in total. The number of hydrogen-bond donors (Lipinski definition) is 0. The van der Waals surface area contributed by atoms with Gasteiger partial charge in [-0.25, -0.2) is 0 Å². The van der Waals surface area contributed by atoms with E-state index in [9.17, 15) is 19.5 Å². The quantitative estimate of drug-likeness (QED) is 0.0195. The average molecular weight is 1100 g/mol. The number of unbranched alkanes of at least 4 members (excludes halogenated alkanes) is 45. The number of carbonyl (C=O) groups is 3. The number of carboxylic acid groups (broad SMARTS) is 1. The minimum Gasteiger partial charge on any atom is -0.545 e. The summed E-state index contributed by atoms with van der Waals surface area (Å²) in [6, 6.07) is 0. The summed E-state index contributed by atoms with van der Waals surface area (Å²) in [4.78, 5) is 37.3. The lowest BCUT2D eigenvalue weighted by Gasteiger charge is -2.26. The Labute approximate surface area is 484 Å². The molecule has 2 atom stereocenters. The van der Waals surface area contributed by atoms with Gasteiger partial charge in [-0.3, -0.25) is 9.59 Å². The van der Waals surface area contributed by atoms with Crippen LogP contribution in [0.4, 0.5) is 0 Å². The first-order valence-electron chi connectivity index (χ1n) is 34.0. The summed E-state index contributed by atoms with van der Waals surface area (Å²) in [5, 5.41) is 11.8. The van der Waals surface area contributed by atoms with Gasteiger partial charge in [0.1, 0.15) is 13.2 Å². The maximum absolute atomic E-state index is 12.9. The van der Waals surface area contributed by atoms with Crippen molar-refractivity contribution in [3.63, 3.8) is 0 Å². The van der Waals surface area contributed by atoms with Crippen LogP contribution in [-0.4, -0.2) is 82.3 Å². The van der Waals surface area contributed by atoms with Crippen LogP contribution in [0.1, 0.15) is 341 Å². The molecule has 0 aliphatic rings. The van der Waals surface area contributed by atoms with Crippen molar-refractivity contribution < 1.29 is 42.9 Å². The van der Waals surface area contributed by atoms with E-state index < -0.39 is 24.3 Å². The van der Waals surface area contributed by atoms with Gasteiger partial charge in [0.2, 0.25) is 0 Å². The van der Waals surface area contributed by atoms with Gasteiger partial charge < -0.3 is 33.3 Å². The minimum absolute atomic E-state index is 0.152. The van der Waals surface area contributed by atoms with E-state index in [0.29, 0.717) is 17.4 Å². The second-order valence-corrected chi connectivity index (χ2v) is 24.5. The van der Waals surface area contributed by atoms with Gasteiger partial charge in [-0.05, 0) is 44.9 Å². The smallest absolute Gasteiger partial charge is 0.306 e. The molecule has 0 amide bonds. The second-order valence-electron chi connectivity index (χ2n) is 24.5. The van der Waals surface area contributed by atoms with Crippen LogP contribution in [0, 0.1) is 0 Å². The molecule has 0 aliphatic heterocycles. The van der Waals surface area contributed by atoms with Gasteiger partial charge in [0.25, 0.3) is 0 Å². The molecule has 0 bridgehead atoms. The van der Waals surface area contributed by atoms with Crippen molar-refractivity contribution in [3.05, 3.63) is 24.3 Å². The zero-order valence-electron chi connectivity index (χ0n) is 52.6. The zero-order chi connectivity index (χ0) is 56.9. The lowest BCUT2D eigenvalue weighted by atomic mass is 10.0. The molecule has 0 aliphatic carbocycles. The highest BCUT2D eigenvalue weighted by Crippen LogP contribution is 2.19. The standard InChI is InChI=1S/C69H131NO8/c1-6-8-10-12-14-16-18-20-22-23-24-25-26-27-28-29-30-31-32-33-34-35-36-37-38-39-40-41-42-43-44-45-46-48-50-52-54-56-58-60-67(72)78-65(64-77-69(68(73)74)75-62-61-70(3,4)5)63-76-66(71)59-57-55-53-51-49-47-21-19-17-15-13-11-9-7-2/h18,20,23-24,65,69H,6-17,19,21-22,25-64H2,1-5H3/b20-18-,24-23-. The fourth-order valence-corrected chi connectivity index (χ4v) is 10.2. The van der Waals surface area contributed by atoms with Gasteiger partial charge in [0.05, 0.1) is 40.3 Å². The predicted octanol–water partition coefficient (Wildman–Crippen LogP) is 19.3. The minimum atomic E-state index is -1.62. The van der Waals surface area contributed by atoms with Gasteiger partial charge in [-0.1, -0.05) is 308 Å². The van der Waals surface area contributed by atoms with Crippen molar-refractivity contribution in [3.8, 4) is 0 Å². The van der Waals surface area contributed by atoms with Crippen LogP contribution in [0.5, 0.6) is 0 Å². The maximum Gasteiger partial charge on any atom is 0.306 e. The summed E-state index contributed by atoms with van der Waals surface area (Å²) in [6.45, 7) is 4.79. The van der Waals surface area contributed by atoms with E-state index in [1.165, 1.54) is 270 Å². The van der Waals surface area contributed by atoms with E-state index >= 15 is 0 Å². The molecule has 0 heterocycles. The molecule has 0 saturated carbocycles. The molecular weight excluding hydrogens is 971 g/mol. The van der Waals surface area contributed by atoms with Crippen LogP contribution < -0.4 is 5.11 Å².